The van der Waals surface area contributed by atoms with E-state index >= 15 is 0 Å². The van der Waals surface area contributed by atoms with Crippen LogP contribution in [0, 0.1) is 10.7 Å². The van der Waals surface area contributed by atoms with Crippen molar-refractivity contribution in [2.24, 2.45) is 5.92 Å². The molecule has 2 heterocycles. The van der Waals surface area contributed by atoms with Crippen molar-refractivity contribution < 1.29 is 9.59 Å². The summed E-state index contributed by atoms with van der Waals surface area (Å²) in [6, 6.07) is 7.14. The van der Waals surface area contributed by atoms with Gasteiger partial charge in [0.25, 0.3) is 5.91 Å². The highest BCUT2D eigenvalue weighted by atomic mass is 32.1. The van der Waals surface area contributed by atoms with Gasteiger partial charge in [-0.2, -0.15) is 0 Å². The van der Waals surface area contributed by atoms with E-state index in [-0.39, 0.29) is 16.6 Å². The predicted octanol–water partition coefficient (Wildman–Crippen LogP) is 4.31. The molecule has 6 nitrogen and oxygen atoms in total. The number of rotatable bonds is 9. The van der Waals surface area contributed by atoms with Crippen LogP contribution in [-0.2, 0) is 4.79 Å². The molecule has 0 bridgehead atoms. The number of fused-ring (bicyclic) bond motifs is 3. The first-order chi connectivity index (χ1) is 13.5. The summed E-state index contributed by atoms with van der Waals surface area (Å²) in [5.41, 5.74) is 0.759. The van der Waals surface area contributed by atoms with E-state index in [0.29, 0.717) is 31.1 Å². The Bertz CT molecular complexity index is 924. The fourth-order valence-electron chi connectivity index (χ4n) is 3.63. The lowest BCUT2D eigenvalue weighted by Gasteiger charge is -2.15. The zero-order chi connectivity index (χ0) is 20.1. The van der Waals surface area contributed by atoms with Gasteiger partial charge in [-0.3, -0.25) is 9.59 Å². The van der Waals surface area contributed by atoms with E-state index < -0.39 is 6.04 Å². The number of anilines is 1. The number of nitrogens with one attached hydrogen (secondary N) is 2. The lowest BCUT2D eigenvalue weighted by molar-refractivity contribution is -0.121. The summed E-state index contributed by atoms with van der Waals surface area (Å²) in [5.74, 6) is 1.05. The number of benzene rings is 1. The fourth-order valence-corrected chi connectivity index (χ4v) is 3.91. The molecule has 1 aliphatic heterocycles. The van der Waals surface area contributed by atoms with Crippen LogP contribution in [0.5, 0.6) is 0 Å². The number of unbranched alkanes of at least 4 members (excludes halogenated alkanes) is 1. The Morgan fingerprint density at radius 3 is 2.89 bits per heavy atom. The smallest absolute Gasteiger partial charge is 0.257 e. The molecule has 0 aliphatic carbocycles. The summed E-state index contributed by atoms with van der Waals surface area (Å²) in [4.78, 5) is 29.4. The third kappa shape index (κ3) is 4.41. The van der Waals surface area contributed by atoms with Gasteiger partial charge in [0.15, 0.2) is 0 Å². The number of nitrogens with zero attached hydrogens (tertiary/aromatic N) is 2. The Morgan fingerprint density at radius 1 is 1.36 bits per heavy atom. The largest absolute Gasteiger partial charge is 0.359 e. The SMILES string of the molecule is CCCC[C@@H](CC)CNC(=O)CC[C@@H]1Nc2c3ccccc3nc(=S)n2C1=O. The van der Waals surface area contributed by atoms with Gasteiger partial charge in [-0.1, -0.05) is 45.2 Å². The minimum absolute atomic E-state index is 0.00733. The van der Waals surface area contributed by atoms with Crippen LogP contribution in [0.4, 0.5) is 5.82 Å². The summed E-state index contributed by atoms with van der Waals surface area (Å²) >= 11 is 5.30. The quantitative estimate of drug-likeness (QED) is 0.613. The number of carbonyl (C=O) groups is 2. The van der Waals surface area contributed by atoms with E-state index in [1.54, 1.807) is 0 Å². The Morgan fingerprint density at radius 2 is 2.14 bits per heavy atom. The van der Waals surface area contributed by atoms with Crippen LogP contribution in [0.2, 0.25) is 0 Å². The van der Waals surface area contributed by atoms with Crippen LogP contribution >= 0.6 is 12.2 Å². The van der Waals surface area contributed by atoms with Crippen molar-refractivity contribution >= 4 is 40.8 Å². The molecule has 1 amide bonds. The summed E-state index contributed by atoms with van der Waals surface area (Å²) in [7, 11) is 0. The molecule has 3 rings (SSSR count). The van der Waals surface area contributed by atoms with Crippen LogP contribution in [0.1, 0.15) is 57.2 Å². The van der Waals surface area contributed by atoms with Gasteiger partial charge < -0.3 is 10.6 Å². The molecule has 0 saturated carbocycles. The normalized spacial score (nSPS) is 16.6. The molecule has 0 spiro atoms. The van der Waals surface area contributed by atoms with Gasteiger partial charge in [-0.05, 0) is 43.1 Å². The van der Waals surface area contributed by atoms with Gasteiger partial charge in [0.1, 0.15) is 11.9 Å². The van der Waals surface area contributed by atoms with Gasteiger partial charge in [0.2, 0.25) is 10.7 Å². The topological polar surface area (TPSA) is 76.0 Å². The number of amides is 1. The molecule has 7 heteroatoms. The van der Waals surface area contributed by atoms with Crippen LogP contribution in [-0.4, -0.2) is 34.0 Å². The first kappa shape index (κ1) is 20.5. The predicted molar refractivity (Wildman–Crippen MR) is 114 cm³/mol. The summed E-state index contributed by atoms with van der Waals surface area (Å²) in [6.45, 7) is 5.05. The molecule has 2 N–H and O–H groups in total. The number of carbonyl (C=O) groups excluding carboxylic acids is 2. The van der Waals surface area contributed by atoms with Crippen molar-refractivity contribution in [2.45, 2.75) is 58.4 Å². The average molecular weight is 401 g/mol. The van der Waals surface area contributed by atoms with Crippen molar-refractivity contribution in [1.29, 1.82) is 0 Å². The Hall–Kier alpha value is -2.28. The van der Waals surface area contributed by atoms with Crippen molar-refractivity contribution in [1.82, 2.24) is 14.9 Å². The second kappa shape index (κ2) is 9.28. The molecular weight excluding hydrogens is 372 g/mol. The van der Waals surface area contributed by atoms with Crippen LogP contribution in [0.25, 0.3) is 10.9 Å². The molecule has 2 aromatic rings. The van der Waals surface area contributed by atoms with E-state index in [4.69, 9.17) is 12.2 Å². The van der Waals surface area contributed by atoms with Crippen molar-refractivity contribution in [2.75, 3.05) is 11.9 Å². The highest BCUT2D eigenvalue weighted by molar-refractivity contribution is 7.71. The molecule has 1 aliphatic rings. The van der Waals surface area contributed by atoms with Gasteiger partial charge in [-0.15, -0.1) is 0 Å². The summed E-state index contributed by atoms with van der Waals surface area (Å²) < 4.78 is 1.71. The number of hydrogen-bond acceptors (Lipinski definition) is 5. The average Bonchev–Trinajstić information content (AvgIpc) is 3.04. The minimum atomic E-state index is -0.456. The maximum absolute atomic E-state index is 12.8. The highest BCUT2D eigenvalue weighted by Crippen LogP contribution is 2.29. The van der Waals surface area contributed by atoms with E-state index in [9.17, 15) is 9.59 Å². The molecule has 0 unspecified atom stereocenters. The van der Waals surface area contributed by atoms with E-state index in [0.717, 1.165) is 23.7 Å². The van der Waals surface area contributed by atoms with Gasteiger partial charge in [-0.25, -0.2) is 9.55 Å². The minimum Gasteiger partial charge on any atom is -0.359 e. The molecular formula is C21H28N4O2S. The molecule has 2 atom stereocenters. The summed E-state index contributed by atoms with van der Waals surface area (Å²) in [6.07, 6.45) is 5.31. The molecule has 0 radical (unpaired) electrons. The van der Waals surface area contributed by atoms with Crippen molar-refractivity contribution in [3.63, 3.8) is 0 Å². The molecule has 0 saturated heterocycles. The van der Waals surface area contributed by atoms with Crippen LogP contribution < -0.4 is 10.6 Å². The zero-order valence-corrected chi connectivity index (χ0v) is 17.3. The Labute approximate surface area is 170 Å². The van der Waals surface area contributed by atoms with Gasteiger partial charge in [0, 0.05) is 18.4 Å². The number of hydrogen-bond donors (Lipinski definition) is 2. The first-order valence-electron chi connectivity index (χ1n) is 10.1. The first-order valence-corrected chi connectivity index (χ1v) is 10.5. The standard InChI is InChI=1S/C21H28N4O2S/c1-3-5-8-14(4-2)13-22-18(26)12-11-17-20(27)25-19(23-17)15-9-6-7-10-16(15)24-21(25)28/h6-7,9-10,14,17,23H,3-5,8,11-13H2,1-2H3,(H,22,26)/t14-,17+/m1/s1. The van der Waals surface area contributed by atoms with Gasteiger partial charge >= 0.3 is 0 Å². The second-order valence-electron chi connectivity index (χ2n) is 7.39. The molecule has 150 valence electrons. The van der Waals surface area contributed by atoms with E-state index in [2.05, 4.69) is 29.5 Å². The lowest BCUT2D eigenvalue weighted by Crippen LogP contribution is -2.32. The molecule has 1 aromatic heterocycles. The molecule has 1 aromatic carbocycles. The highest BCUT2D eigenvalue weighted by Gasteiger charge is 2.32. The Kier molecular flexibility index (Phi) is 6.78. The second-order valence-corrected chi connectivity index (χ2v) is 7.76. The lowest BCUT2D eigenvalue weighted by atomic mass is 9.99. The van der Waals surface area contributed by atoms with E-state index in [1.165, 1.54) is 17.4 Å². The number of aromatic nitrogens is 2. The zero-order valence-electron chi connectivity index (χ0n) is 16.5. The number of para-hydroxylation sites is 1. The third-order valence-electron chi connectivity index (χ3n) is 5.41. The monoisotopic (exact) mass is 400 g/mol. The van der Waals surface area contributed by atoms with E-state index in [1.807, 2.05) is 24.3 Å². The maximum Gasteiger partial charge on any atom is 0.257 e. The third-order valence-corrected chi connectivity index (χ3v) is 5.68. The van der Waals surface area contributed by atoms with Crippen LogP contribution in [0.15, 0.2) is 24.3 Å². The van der Waals surface area contributed by atoms with Gasteiger partial charge in [0.05, 0.1) is 5.52 Å². The maximum atomic E-state index is 12.8. The molecule has 0 fully saturated rings. The summed E-state index contributed by atoms with van der Waals surface area (Å²) in [5, 5.41) is 7.14. The van der Waals surface area contributed by atoms with Crippen molar-refractivity contribution in [3.8, 4) is 0 Å². The Balaban J connectivity index is 1.59. The molecule has 28 heavy (non-hydrogen) atoms. The van der Waals surface area contributed by atoms with Crippen LogP contribution in [0.3, 0.4) is 0 Å². The van der Waals surface area contributed by atoms with Crippen molar-refractivity contribution in [3.05, 3.63) is 29.0 Å². The fraction of sp³-hybridized carbons (Fsp3) is 0.524.